The Balaban J connectivity index is 2.16. The molecule has 1 aromatic rings. The summed E-state index contributed by atoms with van der Waals surface area (Å²) >= 11 is 1.77. The van der Waals surface area contributed by atoms with Crippen molar-refractivity contribution < 1.29 is 0 Å². The minimum absolute atomic E-state index is 0.150. The number of hydrogen-bond donors (Lipinski definition) is 1. The zero-order valence-corrected chi connectivity index (χ0v) is 15.3. The van der Waals surface area contributed by atoms with Crippen molar-refractivity contribution in [2.24, 2.45) is 5.73 Å². The van der Waals surface area contributed by atoms with Gasteiger partial charge < -0.3 is 5.73 Å². The van der Waals surface area contributed by atoms with Gasteiger partial charge in [-0.1, -0.05) is 72.6 Å². The van der Waals surface area contributed by atoms with Crippen LogP contribution in [0.4, 0.5) is 0 Å². The maximum atomic E-state index is 6.25. The molecule has 0 saturated carbocycles. The Bertz CT molecular complexity index is 379. The fourth-order valence-corrected chi connectivity index (χ4v) is 3.55. The van der Waals surface area contributed by atoms with Crippen LogP contribution in [0.1, 0.15) is 89.8 Å². The molecule has 1 atom stereocenters. The lowest BCUT2D eigenvalue weighted by molar-refractivity contribution is 0.525. The number of hydrogen-bond acceptors (Lipinski definition) is 3. The average molecular weight is 311 g/mol. The number of nitrogens with zero attached hydrogens (tertiary/aromatic N) is 1. The average Bonchev–Trinajstić information content (AvgIpc) is 2.86. The van der Waals surface area contributed by atoms with E-state index in [1.54, 1.807) is 11.3 Å². The van der Waals surface area contributed by atoms with Gasteiger partial charge in [0.05, 0.1) is 10.7 Å². The molecule has 0 radical (unpaired) electrons. The van der Waals surface area contributed by atoms with Gasteiger partial charge >= 0.3 is 0 Å². The molecule has 2 nitrogen and oxygen atoms in total. The molecule has 122 valence electrons. The summed E-state index contributed by atoms with van der Waals surface area (Å²) in [5.41, 5.74) is 7.60. The zero-order chi connectivity index (χ0) is 15.7. The molecule has 0 fully saturated rings. The molecule has 0 aromatic carbocycles. The van der Waals surface area contributed by atoms with Gasteiger partial charge in [0.25, 0.3) is 0 Å². The maximum Gasteiger partial charge on any atom is 0.0943 e. The van der Waals surface area contributed by atoms with Crippen LogP contribution in [0.3, 0.4) is 0 Å². The van der Waals surface area contributed by atoms with Crippen molar-refractivity contribution in [1.82, 2.24) is 4.98 Å². The van der Waals surface area contributed by atoms with Crippen molar-refractivity contribution in [3.05, 3.63) is 16.1 Å². The second-order valence-electron chi connectivity index (χ2n) is 7.25. The summed E-state index contributed by atoms with van der Waals surface area (Å²) in [4.78, 5) is 4.74. The molecular formula is C18H34N2S. The Morgan fingerprint density at radius 1 is 1.10 bits per heavy atom. The van der Waals surface area contributed by atoms with Crippen LogP contribution in [0.15, 0.2) is 5.38 Å². The Labute approximate surface area is 135 Å². The van der Waals surface area contributed by atoms with Crippen LogP contribution in [-0.4, -0.2) is 11.0 Å². The van der Waals surface area contributed by atoms with Crippen LogP contribution in [0.25, 0.3) is 0 Å². The van der Waals surface area contributed by atoms with Crippen molar-refractivity contribution in [2.45, 2.75) is 96.9 Å². The number of unbranched alkanes of at least 4 members (excludes halogenated alkanes) is 6. The van der Waals surface area contributed by atoms with Gasteiger partial charge in [0, 0.05) is 23.3 Å². The third-order valence-corrected chi connectivity index (χ3v) is 4.81. The van der Waals surface area contributed by atoms with E-state index in [1.165, 1.54) is 55.6 Å². The van der Waals surface area contributed by atoms with Gasteiger partial charge in [-0.2, -0.15) is 0 Å². The lowest BCUT2D eigenvalue weighted by Gasteiger charge is -2.14. The Morgan fingerprint density at radius 3 is 2.29 bits per heavy atom. The minimum Gasteiger partial charge on any atom is -0.327 e. The summed E-state index contributed by atoms with van der Waals surface area (Å²) in [6.07, 6.45) is 11.6. The fourth-order valence-electron chi connectivity index (χ4n) is 2.44. The van der Waals surface area contributed by atoms with Gasteiger partial charge in [-0.25, -0.2) is 4.98 Å². The van der Waals surface area contributed by atoms with Crippen LogP contribution >= 0.6 is 11.3 Å². The van der Waals surface area contributed by atoms with E-state index >= 15 is 0 Å². The lowest BCUT2D eigenvalue weighted by Crippen LogP contribution is -2.22. The molecule has 0 bridgehead atoms. The van der Waals surface area contributed by atoms with Crippen molar-refractivity contribution in [3.63, 3.8) is 0 Å². The van der Waals surface area contributed by atoms with Crippen molar-refractivity contribution in [2.75, 3.05) is 0 Å². The molecule has 3 heteroatoms. The topological polar surface area (TPSA) is 38.9 Å². The summed E-state index contributed by atoms with van der Waals surface area (Å²) in [5, 5.41) is 3.39. The maximum absolute atomic E-state index is 6.25. The molecule has 0 aliphatic heterocycles. The summed E-state index contributed by atoms with van der Waals surface area (Å²) in [5.74, 6) is 0. The summed E-state index contributed by atoms with van der Waals surface area (Å²) in [6.45, 7) is 8.90. The first-order chi connectivity index (χ1) is 9.93. The summed E-state index contributed by atoms with van der Waals surface area (Å²) < 4.78 is 0. The second kappa shape index (κ2) is 9.58. The van der Waals surface area contributed by atoms with Gasteiger partial charge in [0.2, 0.25) is 0 Å². The predicted octanol–water partition coefficient (Wildman–Crippen LogP) is 5.45. The van der Waals surface area contributed by atoms with E-state index in [1.807, 2.05) is 0 Å². The third-order valence-electron chi connectivity index (χ3n) is 3.94. The smallest absolute Gasteiger partial charge is 0.0943 e. The van der Waals surface area contributed by atoms with Crippen LogP contribution in [0, 0.1) is 0 Å². The Morgan fingerprint density at radius 2 is 1.71 bits per heavy atom. The summed E-state index contributed by atoms with van der Waals surface area (Å²) in [7, 11) is 0. The lowest BCUT2D eigenvalue weighted by atomic mass is 9.93. The van der Waals surface area contributed by atoms with Crippen LogP contribution in [0.2, 0.25) is 0 Å². The Kier molecular flexibility index (Phi) is 8.50. The molecular weight excluding hydrogens is 276 g/mol. The van der Waals surface area contributed by atoms with E-state index in [4.69, 9.17) is 10.7 Å². The first-order valence-electron chi connectivity index (χ1n) is 8.64. The van der Waals surface area contributed by atoms with Gasteiger partial charge in [0.1, 0.15) is 0 Å². The van der Waals surface area contributed by atoms with Crippen LogP contribution < -0.4 is 5.73 Å². The van der Waals surface area contributed by atoms with Gasteiger partial charge in [-0.3, -0.25) is 0 Å². The standard InChI is InChI=1S/C18H34N2S/c1-5-6-7-8-9-10-11-12-15(19)13-17-20-16(14-21-17)18(2,3)4/h14-15H,5-13,19H2,1-4H3. The number of thiazole rings is 1. The molecule has 1 heterocycles. The van der Waals surface area contributed by atoms with E-state index in [9.17, 15) is 0 Å². The van der Waals surface area contributed by atoms with E-state index in [2.05, 4.69) is 33.1 Å². The molecule has 0 amide bonds. The van der Waals surface area contributed by atoms with Crippen molar-refractivity contribution in [1.29, 1.82) is 0 Å². The molecule has 0 saturated heterocycles. The number of aromatic nitrogens is 1. The van der Waals surface area contributed by atoms with Crippen molar-refractivity contribution >= 4 is 11.3 Å². The highest BCUT2D eigenvalue weighted by atomic mass is 32.1. The molecule has 1 aromatic heterocycles. The SMILES string of the molecule is CCCCCCCCCC(N)Cc1nc(C(C)(C)C)cs1. The van der Waals surface area contributed by atoms with Gasteiger partial charge in [-0.05, 0) is 6.42 Å². The minimum atomic E-state index is 0.150. The van der Waals surface area contributed by atoms with E-state index in [-0.39, 0.29) is 11.5 Å². The monoisotopic (exact) mass is 310 g/mol. The molecule has 0 spiro atoms. The molecule has 0 aliphatic rings. The van der Waals surface area contributed by atoms with Crippen molar-refractivity contribution in [3.8, 4) is 0 Å². The van der Waals surface area contributed by atoms with Gasteiger partial charge in [-0.15, -0.1) is 11.3 Å². The number of nitrogens with two attached hydrogens (primary N) is 1. The quantitative estimate of drug-likeness (QED) is 0.583. The first-order valence-corrected chi connectivity index (χ1v) is 9.52. The third kappa shape index (κ3) is 7.96. The zero-order valence-electron chi connectivity index (χ0n) is 14.5. The molecule has 0 aliphatic carbocycles. The normalized spacial score (nSPS) is 13.6. The first kappa shape index (κ1) is 18.6. The molecule has 2 N–H and O–H groups in total. The highest BCUT2D eigenvalue weighted by Gasteiger charge is 2.18. The van der Waals surface area contributed by atoms with Gasteiger partial charge in [0.15, 0.2) is 0 Å². The summed E-state index contributed by atoms with van der Waals surface area (Å²) in [6, 6.07) is 0.277. The largest absolute Gasteiger partial charge is 0.327 e. The fraction of sp³-hybridized carbons (Fsp3) is 0.833. The number of rotatable bonds is 10. The highest BCUT2D eigenvalue weighted by molar-refractivity contribution is 7.09. The van der Waals surface area contributed by atoms with Crippen LogP contribution in [0.5, 0.6) is 0 Å². The van der Waals surface area contributed by atoms with E-state index in [0.29, 0.717) is 0 Å². The Hall–Kier alpha value is -0.410. The predicted molar refractivity (Wildman–Crippen MR) is 95.1 cm³/mol. The molecule has 21 heavy (non-hydrogen) atoms. The van der Waals surface area contributed by atoms with E-state index < -0.39 is 0 Å². The molecule has 1 rings (SSSR count). The van der Waals surface area contributed by atoms with E-state index in [0.717, 1.165) is 12.8 Å². The van der Waals surface area contributed by atoms with Crippen LogP contribution in [-0.2, 0) is 11.8 Å². The molecule has 1 unspecified atom stereocenters. The second-order valence-corrected chi connectivity index (χ2v) is 8.19. The highest BCUT2D eigenvalue weighted by Crippen LogP contribution is 2.24.